The molecule has 0 bridgehead atoms. The highest BCUT2D eigenvalue weighted by atomic mass is 35.5. The Morgan fingerprint density at radius 3 is 2.90 bits per heavy atom. The highest BCUT2D eigenvalue weighted by Crippen LogP contribution is 1.87. The summed E-state index contributed by atoms with van der Waals surface area (Å²) in [6, 6.07) is 0. The predicted molar refractivity (Wildman–Crippen MR) is 41.0 cm³/mol. The molecular formula is C7H11ClO2. The number of aliphatic hydroxyl groups is 1. The number of hydrogen-bond acceptors (Lipinski definition) is 2. The summed E-state index contributed by atoms with van der Waals surface area (Å²) in [5, 5.41) is 8.85. The molecule has 58 valence electrons. The van der Waals surface area contributed by atoms with Gasteiger partial charge >= 0.3 is 0 Å². The summed E-state index contributed by atoms with van der Waals surface area (Å²) in [6.45, 7) is 2.37. The number of alkyl halides is 1. The minimum atomic E-state index is -0.569. The molecule has 1 atom stereocenters. The molecule has 0 saturated heterocycles. The molecule has 1 N–H and O–H groups in total. The van der Waals surface area contributed by atoms with E-state index in [1.807, 2.05) is 0 Å². The normalized spacial score (nSPS) is 11.9. The Balaban J connectivity index is 3.08. The van der Waals surface area contributed by atoms with Gasteiger partial charge in [-0.05, 0) is 6.92 Å². The third-order valence-electron chi connectivity index (χ3n) is 0.839. The lowest BCUT2D eigenvalue weighted by Crippen LogP contribution is -2.16. The van der Waals surface area contributed by atoms with Crippen molar-refractivity contribution < 1.29 is 9.84 Å². The maximum atomic E-state index is 8.85. The second-order valence-corrected chi connectivity index (χ2v) is 2.06. The van der Waals surface area contributed by atoms with Crippen LogP contribution in [0.4, 0.5) is 0 Å². The highest BCUT2D eigenvalue weighted by molar-refractivity contribution is 6.18. The van der Waals surface area contributed by atoms with Crippen LogP contribution in [0.25, 0.3) is 0 Å². The van der Waals surface area contributed by atoms with Gasteiger partial charge in [0.1, 0.15) is 6.61 Å². The number of rotatable bonds is 4. The molecule has 0 aliphatic rings. The second-order valence-electron chi connectivity index (χ2n) is 1.75. The van der Waals surface area contributed by atoms with E-state index in [0.717, 1.165) is 0 Å². The minimum absolute atomic E-state index is 0.208. The molecule has 10 heavy (non-hydrogen) atoms. The first kappa shape index (κ1) is 9.77. The first-order chi connectivity index (χ1) is 4.81. The van der Waals surface area contributed by atoms with E-state index in [1.54, 1.807) is 6.92 Å². The second kappa shape index (κ2) is 6.88. The molecule has 0 amide bonds. The fourth-order valence-electron chi connectivity index (χ4n) is 0.363. The van der Waals surface area contributed by atoms with Crippen LogP contribution >= 0.6 is 11.6 Å². The summed E-state index contributed by atoms with van der Waals surface area (Å²) in [6.07, 6.45) is -0.569. The van der Waals surface area contributed by atoms with Gasteiger partial charge in [-0.25, -0.2) is 0 Å². The van der Waals surface area contributed by atoms with Crippen molar-refractivity contribution >= 4 is 11.6 Å². The van der Waals surface area contributed by atoms with Crippen molar-refractivity contribution in [3.8, 4) is 11.8 Å². The lowest BCUT2D eigenvalue weighted by Gasteiger charge is -2.03. The van der Waals surface area contributed by atoms with Crippen LogP contribution in [0.2, 0.25) is 0 Å². The van der Waals surface area contributed by atoms with E-state index in [9.17, 15) is 0 Å². The van der Waals surface area contributed by atoms with E-state index in [0.29, 0.717) is 6.61 Å². The van der Waals surface area contributed by atoms with E-state index in [2.05, 4.69) is 11.8 Å². The first-order valence-corrected chi connectivity index (χ1v) is 3.56. The minimum Gasteiger partial charge on any atom is -0.389 e. The predicted octanol–water partition coefficient (Wildman–Crippen LogP) is 0.626. The van der Waals surface area contributed by atoms with Crippen LogP contribution in [-0.2, 0) is 4.74 Å². The Hall–Kier alpha value is -0.230. The Morgan fingerprint density at radius 1 is 1.70 bits per heavy atom. The van der Waals surface area contributed by atoms with Crippen LogP contribution in [0.15, 0.2) is 0 Å². The molecule has 0 aromatic rings. The van der Waals surface area contributed by atoms with Crippen molar-refractivity contribution in [1.29, 1.82) is 0 Å². The summed E-state index contributed by atoms with van der Waals surface area (Å²) < 4.78 is 4.92. The van der Waals surface area contributed by atoms with Gasteiger partial charge in [0, 0.05) is 0 Å². The van der Waals surface area contributed by atoms with Crippen molar-refractivity contribution in [2.45, 2.75) is 13.0 Å². The zero-order valence-corrected chi connectivity index (χ0v) is 6.69. The van der Waals surface area contributed by atoms with E-state index in [4.69, 9.17) is 21.4 Å². The number of hydrogen-bond donors (Lipinski definition) is 1. The van der Waals surface area contributed by atoms with Crippen LogP contribution in [0.5, 0.6) is 0 Å². The van der Waals surface area contributed by atoms with Crippen LogP contribution in [-0.4, -0.2) is 30.3 Å². The van der Waals surface area contributed by atoms with Crippen molar-refractivity contribution in [2.24, 2.45) is 0 Å². The zero-order chi connectivity index (χ0) is 7.82. The average Bonchev–Trinajstić information content (AvgIpc) is 1.98. The van der Waals surface area contributed by atoms with Gasteiger partial charge in [0.25, 0.3) is 0 Å². The van der Waals surface area contributed by atoms with Gasteiger partial charge < -0.3 is 9.84 Å². The van der Waals surface area contributed by atoms with Crippen molar-refractivity contribution in [3.05, 3.63) is 0 Å². The van der Waals surface area contributed by atoms with Gasteiger partial charge in [0.05, 0.1) is 18.6 Å². The SMILES string of the molecule is CC#CCOC[C@@H](O)CCl. The third kappa shape index (κ3) is 5.90. The molecule has 0 aromatic carbocycles. The molecule has 0 heterocycles. The summed E-state index contributed by atoms with van der Waals surface area (Å²) in [5.41, 5.74) is 0. The smallest absolute Gasteiger partial charge is 0.107 e. The fourth-order valence-corrected chi connectivity index (χ4v) is 0.452. The number of halogens is 1. The van der Waals surface area contributed by atoms with Gasteiger partial charge in [-0.1, -0.05) is 5.92 Å². The highest BCUT2D eigenvalue weighted by Gasteiger charge is 1.99. The summed E-state index contributed by atoms with van der Waals surface area (Å²) in [5.74, 6) is 5.58. The number of ether oxygens (including phenoxy) is 1. The van der Waals surface area contributed by atoms with Gasteiger partial charge in [0.15, 0.2) is 0 Å². The van der Waals surface area contributed by atoms with E-state index in [1.165, 1.54) is 0 Å². The lowest BCUT2D eigenvalue weighted by atomic mass is 10.4. The Morgan fingerprint density at radius 2 is 2.40 bits per heavy atom. The molecule has 0 aromatic heterocycles. The maximum Gasteiger partial charge on any atom is 0.107 e. The molecule has 0 aliphatic carbocycles. The first-order valence-electron chi connectivity index (χ1n) is 3.02. The molecule has 0 fully saturated rings. The van der Waals surface area contributed by atoms with E-state index in [-0.39, 0.29) is 12.5 Å². The molecule has 3 heteroatoms. The van der Waals surface area contributed by atoms with Crippen LogP contribution < -0.4 is 0 Å². The van der Waals surface area contributed by atoms with Crippen LogP contribution in [0.3, 0.4) is 0 Å². The molecule has 0 saturated carbocycles. The number of aliphatic hydroxyl groups excluding tert-OH is 1. The lowest BCUT2D eigenvalue weighted by molar-refractivity contribution is 0.0640. The summed E-state index contributed by atoms with van der Waals surface area (Å²) in [7, 11) is 0. The molecule has 0 unspecified atom stereocenters. The molecule has 0 aliphatic heterocycles. The average molecular weight is 163 g/mol. The monoisotopic (exact) mass is 162 g/mol. The summed E-state index contributed by atoms with van der Waals surface area (Å²) in [4.78, 5) is 0. The Bertz CT molecular complexity index is 125. The van der Waals surface area contributed by atoms with Gasteiger partial charge in [0.2, 0.25) is 0 Å². The van der Waals surface area contributed by atoms with Crippen LogP contribution in [0, 0.1) is 11.8 Å². The van der Waals surface area contributed by atoms with E-state index >= 15 is 0 Å². The van der Waals surface area contributed by atoms with Gasteiger partial charge in [-0.3, -0.25) is 0 Å². The van der Waals surface area contributed by atoms with Gasteiger partial charge in [-0.2, -0.15) is 0 Å². The fraction of sp³-hybridized carbons (Fsp3) is 0.714. The topological polar surface area (TPSA) is 29.5 Å². The van der Waals surface area contributed by atoms with Crippen molar-refractivity contribution in [1.82, 2.24) is 0 Å². The molecular weight excluding hydrogens is 152 g/mol. The van der Waals surface area contributed by atoms with Crippen LogP contribution in [0.1, 0.15) is 6.92 Å². The van der Waals surface area contributed by atoms with E-state index < -0.39 is 6.10 Å². The standard InChI is InChI=1S/C7H11ClO2/c1-2-3-4-10-6-7(9)5-8/h7,9H,4-6H2,1H3/t7-/m0/s1. The quantitative estimate of drug-likeness (QED) is 0.373. The third-order valence-corrected chi connectivity index (χ3v) is 1.20. The molecule has 0 radical (unpaired) electrons. The molecule has 0 rings (SSSR count). The Kier molecular flexibility index (Phi) is 6.73. The maximum absolute atomic E-state index is 8.85. The zero-order valence-electron chi connectivity index (χ0n) is 5.93. The summed E-state index contributed by atoms with van der Waals surface area (Å²) >= 11 is 5.30. The largest absolute Gasteiger partial charge is 0.389 e. The van der Waals surface area contributed by atoms with Crippen molar-refractivity contribution in [2.75, 3.05) is 19.1 Å². The van der Waals surface area contributed by atoms with Crippen molar-refractivity contribution in [3.63, 3.8) is 0 Å². The molecule has 0 spiro atoms. The Labute approximate surface area is 66.1 Å². The molecule has 2 nitrogen and oxygen atoms in total. The van der Waals surface area contributed by atoms with Gasteiger partial charge in [-0.15, -0.1) is 17.5 Å².